The number of nitrogens with zero attached hydrogens (tertiary/aromatic N) is 3. The number of aromatic amines is 1. The number of aryl methyl sites for hydroxylation is 1. The highest BCUT2D eigenvalue weighted by Crippen LogP contribution is 2.31. The number of alkyl halides is 3. The number of rotatable bonds is 4. The Balaban J connectivity index is 2.65. The number of aliphatic hydroxyl groups excluding tert-OH is 1. The lowest BCUT2D eigenvalue weighted by Crippen LogP contribution is -2.28. The Morgan fingerprint density at radius 2 is 2.05 bits per heavy atom. The molecule has 5 nitrogen and oxygen atoms in total. The van der Waals surface area contributed by atoms with Gasteiger partial charge in [-0.3, -0.25) is 0 Å². The van der Waals surface area contributed by atoms with E-state index in [0.29, 0.717) is 17.6 Å². The molecule has 0 aliphatic rings. The van der Waals surface area contributed by atoms with Crippen LogP contribution in [0.3, 0.4) is 0 Å². The normalized spacial score (nSPS) is 12.1. The summed E-state index contributed by atoms with van der Waals surface area (Å²) in [5.74, 6) is -0.999. The van der Waals surface area contributed by atoms with Crippen molar-refractivity contribution in [3.63, 3.8) is 0 Å². The van der Waals surface area contributed by atoms with E-state index in [1.165, 1.54) is 0 Å². The fourth-order valence-corrected chi connectivity index (χ4v) is 2.03. The van der Waals surface area contributed by atoms with Gasteiger partial charge in [-0.1, -0.05) is 0 Å². The largest absolute Gasteiger partial charge is 0.451 e. The molecule has 2 aromatic rings. The van der Waals surface area contributed by atoms with E-state index in [1.54, 1.807) is 24.8 Å². The van der Waals surface area contributed by atoms with Crippen molar-refractivity contribution in [2.75, 3.05) is 24.6 Å². The van der Waals surface area contributed by atoms with Gasteiger partial charge in [0.05, 0.1) is 12.0 Å². The number of hydrogen-bond acceptors (Lipinski definition) is 4. The van der Waals surface area contributed by atoms with Crippen molar-refractivity contribution in [3.05, 3.63) is 17.6 Å². The zero-order valence-electron chi connectivity index (χ0n) is 11.1. The van der Waals surface area contributed by atoms with Crippen LogP contribution in [0.1, 0.15) is 18.4 Å². The van der Waals surface area contributed by atoms with E-state index in [4.69, 9.17) is 5.11 Å². The van der Waals surface area contributed by atoms with Gasteiger partial charge in [-0.15, -0.1) is 0 Å². The van der Waals surface area contributed by atoms with E-state index >= 15 is 0 Å². The molecule has 2 heterocycles. The van der Waals surface area contributed by atoms with Gasteiger partial charge < -0.3 is 15.0 Å². The minimum Gasteiger partial charge on any atom is -0.395 e. The minimum absolute atomic E-state index is 0.149. The molecule has 0 saturated carbocycles. The molecule has 8 heteroatoms. The van der Waals surface area contributed by atoms with Crippen molar-refractivity contribution in [2.45, 2.75) is 20.0 Å². The predicted molar refractivity (Wildman–Crippen MR) is 68.6 cm³/mol. The van der Waals surface area contributed by atoms with Crippen molar-refractivity contribution in [1.29, 1.82) is 0 Å². The molecule has 0 aliphatic carbocycles. The van der Waals surface area contributed by atoms with Gasteiger partial charge in [0.1, 0.15) is 11.5 Å². The van der Waals surface area contributed by atoms with Crippen molar-refractivity contribution < 1.29 is 18.3 Å². The number of likely N-dealkylation sites (N-methyl/N-ethyl adjacent to an activating group) is 1. The molecule has 110 valence electrons. The summed E-state index contributed by atoms with van der Waals surface area (Å²) in [6, 6.07) is 1.70. The highest BCUT2D eigenvalue weighted by Gasteiger charge is 2.36. The molecular weight excluding hydrogens is 273 g/mol. The average molecular weight is 288 g/mol. The monoisotopic (exact) mass is 288 g/mol. The van der Waals surface area contributed by atoms with Gasteiger partial charge in [0.2, 0.25) is 5.82 Å². The number of fused-ring (bicyclic) bond motifs is 1. The standard InChI is InChI=1S/C12H15F3N4O/c1-3-19(4-5-20)10-8-6-7(2)16-9(8)17-11(18-10)12(13,14)15/h6,20H,3-5H2,1-2H3,(H,16,17,18). The number of aromatic nitrogens is 3. The molecule has 0 aromatic carbocycles. The summed E-state index contributed by atoms with van der Waals surface area (Å²) in [5, 5.41) is 9.54. The van der Waals surface area contributed by atoms with Crippen molar-refractivity contribution in [3.8, 4) is 0 Å². The third-order valence-corrected chi connectivity index (χ3v) is 2.91. The number of nitrogens with one attached hydrogen (secondary N) is 1. The highest BCUT2D eigenvalue weighted by molar-refractivity contribution is 5.88. The Morgan fingerprint density at radius 1 is 1.35 bits per heavy atom. The van der Waals surface area contributed by atoms with Crippen LogP contribution in [0.15, 0.2) is 6.07 Å². The Labute approximate surface area is 113 Å². The number of hydrogen-bond donors (Lipinski definition) is 2. The second-order valence-electron chi connectivity index (χ2n) is 4.39. The van der Waals surface area contributed by atoms with E-state index < -0.39 is 12.0 Å². The van der Waals surface area contributed by atoms with E-state index in [0.717, 1.165) is 0 Å². The van der Waals surface area contributed by atoms with Crippen molar-refractivity contribution in [2.24, 2.45) is 0 Å². The lowest BCUT2D eigenvalue weighted by atomic mass is 10.3. The first kappa shape index (κ1) is 14.6. The molecule has 0 unspecified atom stereocenters. The van der Waals surface area contributed by atoms with E-state index in [1.807, 2.05) is 0 Å². The Hall–Kier alpha value is -1.83. The van der Waals surface area contributed by atoms with Gasteiger partial charge in [0.25, 0.3) is 0 Å². The van der Waals surface area contributed by atoms with Gasteiger partial charge in [-0.05, 0) is 19.9 Å². The van der Waals surface area contributed by atoms with Crippen molar-refractivity contribution in [1.82, 2.24) is 15.0 Å². The third kappa shape index (κ3) is 2.69. The zero-order chi connectivity index (χ0) is 14.9. The van der Waals surface area contributed by atoms with Crippen LogP contribution < -0.4 is 4.90 Å². The molecule has 2 rings (SSSR count). The van der Waals surface area contributed by atoms with E-state index in [9.17, 15) is 13.2 Å². The lowest BCUT2D eigenvalue weighted by Gasteiger charge is -2.22. The molecule has 0 radical (unpaired) electrons. The molecule has 20 heavy (non-hydrogen) atoms. The van der Waals surface area contributed by atoms with Gasteiger partial charge in [0.15, 0.2) is 0 Å². The molecule has 0 fully saturated rings. The number of aliphatic hydroxyl groups is 1. The quantitative estimate of drug-likeness (QED) is 0.904. The maximum absolute atomic E-state index is 12.8. The van der Waals surface area contributed by atoms with Gasteiger partial charge >= 0.3 is 6.18 Å². The van der Waals surface area contributed by atoms with Crippen LogP contribution in [0.4, 0.5) is 19.0 Å². The maximum atomic E-state index is 12.8. The summed E-state index contributed by atoms with van der Waals surface area (Å²) in [7, 11) is 0. The minimum atomic E-state index is -4.61. The zero-order valence-corrected chi connectivity index (χ0v) is 11.1. The summed E-state index contributed by atoms with van der Waals surface area (Å²) >= 11 is 0. The molecule has 0 aliphatic heterocycles. The SMILES string of the molecule is CCN(CCO)c1nc(C(F)(F)F)nc2[nH]c(C)cc12. The van der Waals surface area contributed by atoms with Gasteiger partial charge in [-0.2, -0.15) is 13.2 Å². The van der Waals surface area contributed by atoms with Crippen LogP contribution in [-0.2, 0) is 6.18 Å². The molecule has 0 amide bonds. The van der Waals surface area contributed by atoms with Gasteiger partial charge in [0, 0.05) is 18.8 Å². The van der Waals surface area contributed by atoms with Gasteiger partial charge in [-0.25, -0.2) is 9.97 Å². The predicted octanol–water partition coefficient (Wildman–Crippen LogP) is 2.10. The van der Waals surface area contributed by atoms with Crippen LogP contribution >= 0.6 is 0 Å². The summed E-state index contributed by atoms with van der Waals surface area (Å²) in [6.45, 7) is 4.01. The fourth-order valence-electron chi connectivity index (χ4n) is 2.03. The number of anilines is 1. The first-order chi connectivity index (χ1) is 9.36. The van der Waals surface area contributed by atoms with Crippen LogP contribution in [0.2, 0.25) is 0 Å². The van der Waals surface area contributed by atoms with E-state index in [2.05, 4.69) is 15.0 Å². The number of H-pyrrole nitrogens is 1. The molecule has 0 atom stereocenters. The number of halogens is 3. The summed E-state index contributed by atoms with van der Waals surface area (Å²) in [4.78, 5) is 11.5. The van der Waals surface area contributed by atoms with Crippen molar-refractivity contribution >= 4 is 16.9 Å². The maximum Gasteiger partial charge on any atom is 0.451 e. The first-order valence-electron chi connectivity index (χ1n) is 6.17. The van der Waals surface area contributed by atoms with E-state index in [-0.39, 0.29) is 24.6 Å². The summed E-state index contributed by atoms with van der Waals surface area (Å²) in [5.41, 5.74) is 0.853. The second kappa shape index (κ2) is 5.28. The highest BCUT2D eigenvalue weighted by atomic mass is 19.4. The smallest absolute Gasteiger partial charge is 0.395 e. The Morgan fingerprint density at radius 3 is 2.60 bits per heavy atom. The third-order valence-electron chi connectivity index (χ3n) is 2.91. The first-order valence-corrected chi connectivity index (χ1v) is 6.17. The lowest BCUT2D eigenvalue weighted by molar-refractivity contribution is -0.144. The molecule has 2 N–H and O–H groups in total. The molecular formula is C12H15F3N4O. The Kier molecular flexibility index (Phi) is 3.85. The molecule has 0 spiro atoms. The molecule has 2 aromatic heterocycles. The van der Waals surface area contributed by atoms with Crippen LogP contribution in [0.25, 0.3) is 11.0 Å². The summed E-state index contributed by atoms with van der Waals surface area (Å²) < 4.78 is 38.5. The van der Waals surface area contributed by atoms with Crippen LogP contribution in [-0.4, -0.2) is 39.8 Å². The second-order valence-corrected chi connectivity index (χ2v) is 4.39. The average Bonchev–Trinajstić information content (AvgIpc) is 2.74. The molecule has 0 saturated heterocycles. The summed E-state index contributed by atoms with van der Waals surface area (Å²) in [6.07, 6.45) is -4.61. The topological polar surface area (TPSA) is 65.0 Å². The Bertz CT molecular complexity index is 609. The fraction of sp³-hybridized carbons (Fsp3) is 0.500. The van der Waals surface area contributed by atoms with Crippen LogP contribution in [0, 0.1) is 6.92 Å². The van der Waals surface area contributed by atoms with Crippen LogP contribution in [0.5, 0.6) is 0 Å². The molecule has 0 bridgehead atoms.